The Morgan fingerprint density at radius 3 is 2.67 bits per heavy atom. The number of benzene rings is 1. The third-order valence-electron chi connectivity index (χ3n) is 2.65. The number of halogens is 2. The minimum absolute atomic E-state index is 0.334. The lowest BCUT2D eigenvalue weighted by Crippen LogP contribution is -2.14. The molecule has 3 nitrogen and oxygen atoms in total. The van der Waals surface area contributed by atoms with E-state index in [0.29, 0.717) is 29.3 Å². The second-order valence-corrected chi connectivity index (χ2v) is 4.66. The Hall–Kier alpha value is -1.06. The number of methoxy groups -OCH3 is 1. The van der Waals surface area contributed by atoms with Gasteiger partial charge in [0, 0.05) is 6.42 Å². The van der Waals surface area contributed by atoms with Crippen LogP contribution < -0.4 is 0 Å². The summed E-state index contributed by atoms with van der Waals surface area (Å²) in [6, 6.07) is 5.05. The zero-order valence-electron chi connectivity index (χ0n) is 9.99. The molecule has 1 unspecified atom stereocenters. The predicted molar refractivity (Wildman–Crippen MR) is 71.1 cm³/mol. The Morgan fingerprint density at radius 2 is 2.11 bits per heavy atom. The van der Waals surface area contributed by atoms with Crippen molar-refractivity contribution >= 4 is 35.5 Å². The molecule has 0 bridgehead atoms. The molecule has 1 aromatic rings. The van der Waals surface area contributed by atoms with Crippen molar-refractivity contribution in [2.75, 3.05) is 7.11 Å². The first kappa shape index (κ1) is 15.0. The van der Waals surface area contributed by atoms with Crippen LogP contribution in [0, 0.1) is 0 Å². The Balaban J connectivity index is 2.90. The predicted octanol–water partition coefficient (Wildman–Crippen LogP) is 3.62. The van der Waals surface area contributed by atoms with Crippen LogP contribution in [0.15, 0.2) is 18.2 Å². The summed E-state index contributed by atoms with van der Waals surface area (Å²) >= 11 is 11.8. The Labute approximate surface area is 116 Å². The van der Waals surface area contributed by atoms with Gasteiger partial charge < -0.3 is 9.53 Å². The molecule has 0 heterocycles. The van der Waals surface area contributed by atoms with Crippen LogP contribution in [0.1, 0.15) is 30.7 Å². The summed E-state index contributed by atoms with van der Waals surface area (Å²) in [6.45, 7) is 0. The van der Waals surface area contributed by atoms with Gasteiger partial charge in [-0.1, -0.05) is 29.3 Å². The molecule has 1 aromatic carbocycles. The highest BCUT2D eigenvalue weighted by molar-refractivity contribution is 6.42. The van der Waals surface area contributed by atoms with Gasteiger partial charge in [0.1, 0.15) is 6.29 Å². The standard InChI is InChI=1S/C13H14Cl2O3/c1-18-13(17)10(4-2-3-7-16)9-5-6-11(14)12(15)8-9/h5-8,10H,2-4H2,1H3. The van der Waals surface area contributed by atoms with Crippen LogP contribution in [-0.2, 0) is 14.3 Å². The van der Waals surface area contributed by atoms with Gasteiger partial charge in [0.15, 0.2) is 0 Å². The Morgan fingerprint density at radius 1 is 1.39 bits per heavy atom. The van der Waals surface area contributed by atoms with Crippen molar-refractivity contribution in [2.24, 2.45) is 0 Å². The van der Waals surface area contributed by atoms with Gasteiger partial charge in [0.05, 0.1) is 23.1 Å². The molecule has 0 aliphatic heterocycles. The van der Waals surface area contributed by atoms with Crippen molar-refractivity contribution in [2.45, 2.75) is 25.2 Å². The van der Waals surface area contributed by atoms with Crippen LogP contribution in [0.4, 0.5) is 0 Å². The fourth-order valence-corrected chi connectivity index (χ4v) is 2.00. The van der Waals surface area contributed by atoms with E-state index in [-0.39, 0.29) is 5.97 Å². The monoisotopic (exact) mass is 288 g/mol. The maximum atomic E-state index is 11.7. The highest BCUT2D eigenvalue weighted by Crippen LogP contribution is 2.29. The molecule has 0 spiro atoms. The number of hydrogen-bond donors (Lipinski definition) is 0. The number of carbonyl (C=O) groups excluding carboxylic acids is 2. The molecule has 1 atom stereocenters. The smallest absolute Gasteiger partial charge is 0.313 e. The zero-order chi connectivity index (χ0) is 13.5. The topological polar surface area (TPSA) is 43.4 Å². The third-order valence-corrected chi connectivity index (χ3v) is 3.39. The van der Waals surface area contributed by atoms with Gasteiger partial charge in [-0.05, 0) is 30.5 Å². The summed E-state index contributed by atoms with van der Waals surface area (Å²) in [7, 11) is 1.34. The average Bonchev–Trinajstić information content (AvgIpc) is 2.37. The van der Waals surface area contributed by atoms with E-state index in [1.807, 2.05) is 0 Å². The summed E-state index contributed by atoms with van der Waals surface area (Å²) in [4.78, 5) is 22.0. The molecule has 1 rings (SSSR count). The normalized spacial score (nSPS) is 11.9. The Kier molecular flexibility index (Phi) is 6.16. The van der Waals surface area contributed by atoms with E-state index in [4.69, 9.17) is 27.9 Å². The van der Waals surface area contributed by atoms with Crippen molar-refractivity contribution in [3.63, 3.8) is 0 Å². The zero-order valence-corrected chi connectivity index (χ0v) is 11.5. The number of hydrogen-bond acceptors (Lipinski definition) is 3. The largest absolute Gasteiger partial charge is 0.469 e. The highest BCUT2D eigenvalue weighted by atomic mass is 35.5. The van der Waals surface area contributed by atoms with Crippen LogP contribution in [-0.4, -0.2) is 19.4 Å². The molecule has 0 saturated carbocycles. The van der Waals surface area contributed by atoms with E-state index < -0.39 is 5.92 Å². The third kappa shape index (κ3) is 4.00. The van der Waals surface area contributed by atoms with Crippen molar-refractivity contribution in [3.05, 3.63) is 33.8 Å². The summed E-state index contributed by atoms with van der Waals surface area (Å²) in [6.07, 6.45) is 2.44. The lowest BCUT2D eigenvalue weighted by Gasteiger charge is -2.15. The number of rotatable bonds is 6. The van der Waals surface area contributed by atoms with Crippen LogP contribution in [0.25, 0.3) is 0 Å². The van der Waals surface area contributed by atoms with E-state index in [1.54, 1.807) is 18.2 Å². The van der Waals surface area contributed by atoms with Gasteiger partial charge in [0.25, 0.3) is 0 Å². The number of unbranched alkanes of at least 4 members (excludes halogenated alkanes) is 1. The second-order valence-electron chi connectivity index (χ2n) is 3.85. The fraction of sp³-hybridized carbons (Fsp3) is 0.385. The quantitative estimate of drug-likeness (QED) is 0.456. The SMILES string of the molecule is COC(=O)C(CCCC=O)c1ccc(Cl)c(Cl)c1. The minimum Gasteiger partial charge on any atom is -0.469 e. The number of esters is 1. The first-order valence-electron chi connectivity index (χ1n) is 5.56. The molecule has 0 aromatic heterocycles. The number of ether oxygens (including phenoxy) is 1. The van der Waals surface area contributed by atoms with Crippen molar-refractivity contribution < 1.29 is 14.3 Å². The maximum Gasteiger partial charge on any atom is 0.313 e. The van der Waals surface area contributed by atoms with Gasteiger partial charge in [-0.25, -0.2) is 0 Å². The lowest BCUT2D eigenvalue weighted by molar-refractivity contribution is -0.142. The maximum absolute atomic E-state index is 11.7. The van der Waals surface area contributed by atoms with Gasteiger partial charge in [-0.2, -0.15) is 0 Å². The number of aldehydes is 1. The summed E-state index contributed by atoms with van der Waals surface area (Å²) in [5.74, 6) is -0.746. The van der Waals surface area contributed by atoms with Crippen LogP contribution in [0.5, 0.6) is 0 Å². The number of carbonyl (C=O) groups is 2. The first-order valence-corrected chi connectivity index (χ1v) is 6.32. The van der Waals surface area contributed by atoms with Crippen molar-refractivity contribution in [3.8, 4) is 0 Å². The van der Waals surface area contributed by atoms with Gasteiger partial charge >= 0.3 is 5.97 Å². The highest BCUT2D eigenvalue weighted by Gasteiger charge is 2.21. The molecule has 0 amide bonds. The molecule has 0 saturated heterocycles. The van der Waals surface area contributed by atoms with Crippen molar-refractivity contribution in [1.82, 2.24) is 0 Å². The lowest BCUT2D eigenvalue weighted by atomic mass is 9.94. The average molecular weight is 289 g/mol. The molecular weight excluding hydrogens is 275 g/mol. The van der Waals surface area contributed by atoms with Crippen LogP contribution in [0.2, 0.25) is 10.0 Å². The second kappa shape index (κ2) is 7.39. The van der Waals surface area contributed by atoms with E-state index in [0.717, 1.165) is 11.8 Å². The molecule has 0 N–H and O–H groups in total. The molecule has 0 fully saturated rings. The molecule has 0 aliphatic rings. The van der Waals surface area contributed by atoms with Gasteiger partial charge in [-0.3, -0.25) is 4.79 Å². The molecule has 0 radical (unpaired) electrons. The Bertz CT molecular complexity index is 432. The summed E-state index contributed by atoms with van der Waals surface area (Å²) in [5, 5.41) is 0.843. The fourth-order valence-electron chi connectivity index (χ4n) is 1.70. The van der Waals surface area contributed by atoms with E-state index in [9.17, 15) is 9.59 Å². The van der Waals surface area contributed by atoms with Crippen molar-refractivity contribution in [1.29, 1.82) is 0 Å². The first-order chi connectivity index (χ1) is 8.60. The summed E-state index contributed by atoms with van der Waals surface area (Å²) in [5.41, 5.74) is 0.752. The van der Waals surface area contributed by atoms with Gasteiger partial charge in [0.2, 0.25) is 0 Å². The van der Waals surface area contributed by atoms with Crippen LogP contribution in [0.3, 0.4) is 0 Å². The van der Waals surface area contributed by atoms with Crippen LogP contribution >= 0.6 is 23.2 Å². The van der Waals surface area contributed by atoms with E-state index in [1.165, 1.54) is 7.11 Å². The molecule has 98 valence electrons. The molecule has 18 heavy (non-hydrogen) atoms. The van der Waals surface area contributed by atoms with Gasteiger partial charge in [-0.15, -0.1) is 0 Å². The minimum atomic E-state index is -0.412. The van der Waals surface area contributed by atoms with E-state index in [2.05, 4.69) is 0 Å². The molecule has 5 heteroatoms. The molecular formula is C13H14Cl2O3. The summed E-state index contributed by atoms with van der Waals surface area (Å²) < 4.78 is 4.76. The van der Waals surface area contributed by atoms with E-state index >= 15 is 0 Å². The molecule has 0 aliphatic carbocycles.